The summed E-state index contributed by atoms with van der Waals surface area (Å²) in [7, 11) is 0. The molecule has 0 aliphatic rings. The van der Waals surface area contributed by atoms with E-state index >= 15 is 0 Å². The van der Waals surface area contributed by atoms with E-state index in [1.807, 2.05) is 30.8 Å². The van der Waals surface area contributed by atoms with Crippen LogP contribution in [0, 0.1) is 24.0 Å². The third-order valence-corrected chi connectivity index (χ3v) is 2.71. The van der Waals surface area contributed by atoms with Crippen LogP contribution in [-0.4, -0.2) is 21.2 Å². The number of aromatic nitrogens is 2. The number of nitro groups is 1. The summed E-state index contributed by atoms with van der Waals surface area (Å²) in [6.45, 7) is 5.22. The lowest BCUT2D eigenvalue weighted by atomic mass is 10.2. The molecule has 6 heteroatoms. The van der Waals surface area contributed by atoms with Gasteiger partial charge in [0.25, 0.3) is 5.69 Å². The van der Waals surface area contributed by atoms with Crippen molar-refractivity contribution in [2.24, 2.45) is 0 Å². The van der Waals surface area contributed by atoms with Gasteiger partial charge >= 0.3 is 0 Å². The Balaban J connectivity index is 1.97. The molecule has 0 fully saturated rings. The fourth-order valence-electron chi connectivity index (χ4n) is 1.87. The quantitative estimate of drug-likeness (QED) is 0.662. The minimum atomic E-state index is -0.380. The summed E-state index contributed by atoms with van der Waals surface area (Å²) >= 11 is 0. The number of nitrogens with one attached hydrogen (secondary N) is 1. The fraction of sp³-hybridized carbons (Fsp3) is 0.308. The molecule has 0 unspecified atom stereocenters. The van der Waals surface area contributed by atoms with Crippen LogP contribution in [0.5, 0.6) is 0 Å². The third-order valence-electron chi connectivity index (χ3n) is 2.71. The Kier molecular flexibility index (Phi) is 3.79. The van der Waals surface area contributed by atoms with E-state index in [-0.39, 0.29) is 10.6 Å². The van der Waals surface area contributed by atoms with Crippen molar-refractivity contribution in [1.82, 2.24) is 9.78 Å². The Labute approximate surface area is 111 Å². The van der Waals surface area contributed by atoms with E-state index in [1.165, 1.54) is 0 Å². The number of benzene rings is 1. The van der Waals surface area contributed by atoms with E-state index in [1.54, 1.807) is 18.3 Å². The topological polar surface area (TPSA) is 73.0 Å². The molecule has 1 aromatic heterocycles. The molecule has 0 radical (unpaired) electrons. The van der Waals surface area contributed by atoms with Gasteiger partial charge in [-0.25, -0.2) is 0 Å². The van der Waals surface area contributed by atoms with Gasteiger partial charge in [0.05, 0.1) is 17.7 Å². The van der Waals surface area contributed by atoms with Crippen LogP contribution in [0.1, 0.15) is 11.1 Å². The van der Waals surface area contributed by atoms with E-state index in [2.05, 4.69) is 10.4 Å². The summed E-state index contributed by atoms with van der Waals surface area (Å²) in [6.07, 6.45) is 3.76. The maximum Gasteiger partial charge on any atom is 0.271 e. The molecule has 1 N–H and O–H groups in total. The van der Waals surface area contributed by atoms with Crippen molar-refractivity contribution in [3.63, 3.8) is 0 Å². The van der Waals surface area contributed by atoms with Crippen molar-refractivity contribution in [2.45, 2.75) is 20.4 Å². The number of anilines is 1. The van der Waals surface area contributed by atoms with Gasteiger partial charge in [-0.05, 0) is 31.0 Å². The van der Waals surface area contributed by atoms with E-state index in [9.17, 15) is 10.1 Å². The molecule has 0 aliphatic heterocycles. The number of rotatable bonds is 5. The molecule has 19 heavy (non-hydrogen) atoms. The molecule has 0 spiro atoms. The summed E-state index contributed by atoms with van der Waals surface area (Å²) in [5, 5.41) is 18.1. The van der Waals surface area contributed by atoms with Crippen molar-refractivity contribution in [2.75, 3.05) is 11.9 Å². The van der Waals surface area contributed by atoms with Gasteiger partial charge in [-0.2, -0.15) is 5.10 Å². The van der Waals surface area contributed by atoms with Gasteiger partial charge in [-0.3, -0.25) is 14.8 Å². The standard InChI is InChI=1S/C13H16N4O2/c1-10-5-12(7-13(6-10)17(18)19)14-3-4-16-9-11(2)8-15-16/h5-9,14H,3-4H2,1-2H3. The van der Waals surface area contributed by atoms with Crippen molar-refractivity contribution in [3.8, 4) is 0 Å². The Morgan fingerprint density at radius 2 is 2.11 bits per heavy atom. The Morgan fingerprint density at radius 1 is 1.32 bits per heavy atom. The van der Waals surface area contributed by atoms with Gasteiger partial charge in [0.15, 0.2) is 0 Å². The molecule has 0 saturated heterocycles. The first kappa shape index (κ1) is 13.1. The first-order valence-corrected chi connectivity index (χ1v) is 6.03. The lowest BCUT2D eigenvalue weighted by Crippen LogP contribution is -2.11. The molecule has 0 aliphatic carbocycles. The third kappa shape index (κ3) is 3.54. The van der Waals surface area contributed by atoms with Gasteiger partial charge in [-0.15, -0.1) is 0 Å². The van der Waals surface area contributed by atoms with Gasteiger partial charge in [0.1, 0.15) is 0 Å². The van der Waals surface area contributed by atoms with E-state index < -0.39 is 0 Å². The Bertz CT molecular complexity index is 592. The molecule has 0 atom stereocenters. The maximum atomic E-state index is 10.8. The van der Waals surface area contributed by atoms with E-state index in [4.69, 9.17) is 0 Å². The van der Waals surface area contributed by atoms with Crippen LogP contribution in [0.15, 0.2) is 30.6 Å². The van der Waals surface area contributed by atoms with Crippen molar-refractivity contribution < 1.29 is 4.92 Å². The SMILES string of the molecule is Cc1cc(NCCn2cc(C)cn2)cc([N+](=O)[O-])c1. The van der Waals surface area contributed by atoms with Crippen LogP contribution in [0.4, 0.5) is 11.4 Å². The highest BCUT2D eigenvalue weighted by molar-refractivity contribution is 5.53. The second-order valence-corrected chi connectivity index (χ2v) is 4.52. The lowest BCUT2D eigenvalue weighted by Gasteiger charge is -2.07. The zero-order chi connectivity index (χ0) is 13.8. The maximum absolute atomic E-state index is 10.8. The Hall–Kier alpha value is -2.37. The second-order valence-electron chi connectivity index (χ2n) is 4.52. The van der Waals surface area contributed by atoms with E-state index in [0.29, 0.717) is 6.54 Å². The van der Waals surface area contributed by atoms with Crippen molar-refractivity contribution in [1.29, 1.82) is 0 Å². The molecule has 0 bridgehead atoms. The summed E-state index contributed by atoms with van der Waals surface area (Å²) in [5.41, 5.74) is 2.85. The van der Waals surface area contributed by atoms with Crippen LogP contribution >= 0.6 is 0 Å². The molecule has 2 rings (SSSR count). The molecule has 1 heterocycles. The highest BCUT2D eigenvalue weighted by Gasteiger charge is 2.07. The van der Waals surface area contributed by atoms with Crippen LogP contribution < -0.4 is 5.32 Å². The molecule has 2 aromatic rings. The number of hydrogen-bond acceptors (Lipinski definition) is 4. The lowest BCUT2D eigenvalue weighted by molar-refractivity contribution is -0.384. The van der Waals surface area contributed by atoms with Crippen LogP contribution in [-0.2, 0) is 6.54 Å². The van der Waals surface area contributed by atoms with E-state index in [0.717, 1.165) is 23.4 Å². The monoisotopic (exact) mass is 260 g/mol. The largest absolute Gasteiger partial charge is 0.383 e. The zero-order valence-electron chi connectivity index (χ0n) is 11.0. The minimum absolute atomic E-state index is 0.109. The van der Waals surface area contributed by atoms with Crippen molar-refractivity contribution >= 4 is 11.4 Å². The number of hydrogen-bond donors (Lipinski definition) is 1. The van der Waals surface area contributed by atoms with Crippen LogP contribution in [0.25, 0.3) is 0 Å². The van der Waals surface area contributed by atoms with Gasteiger partial charge in [0.2, 0.25) is 0 Å². The highest BCUT2D eigenvalue weighted by Crippen LogP contribution is 2.20. The minimum Gasteiger partial charge on any atom is -0.383 e. The van der Waals surface area contributed by atoms with Crippen molar-refractivity contribution in [3.05, 3.63) is 51.8 Å². The van der Waals surface area contributed by atoms with Gasteiger partial charge in [-0.1, -0.05) is 0 Å². The fourth-order valence-corrected chi connectivity index (χ4v) is 1.87. The number of aryl methyl sites for hydroxylation is 2. The number of non-ortho nitro benzene ring substituents is 1. The van der Waals surface area contributed by atoms with Gasteiger partial charge < -0.3 is 5.32 Å². The number of nitrogens with zero attached hydrogens (tertiary/aromatic N) is 3. The summed E-state index contributed by atoms with van der Waals surface area (Å²) < 4.78 is 1.84. The van der Waals surface area contributed by atoms with Crippen LogP contribution in [0.2, 0.25) is 0 Å². The zero-order valence-corrected chi connectivity index (χ0v) is 11.0. The molecule has 6 nitrogen and oxygen atoms in total. The predicted molar refractivity (Wildman–Crippen MR) is 73.3 cm³/mol. The second kappa shape index (κ2) is 5.51. The molecule has 1 aromatic carbocycles. The average molecular weight is 260 g/mol. The molecule has 100 valence electrons. The van der Waals surface area contributed by atoms with Crippen LogP contribution in [0.3, 0.4) is 0 Å². The average Bonchev–Trinajstić information content (AvgIpc) is 2.74. The first-order chi connectivity index (χ1) is 9.04. The summed E-state index contributed by atoms with van der Waals surface area (Å²) in [6, 6.07) is 4.99. The van der Waals surface area contributed by atoms with Gasteiger partial charge in [0, 0.05) is 30.6 Å². The normalized spacial score (nSPS) is 10.4. The number of nitro benzene ring substituents is 1. The molecular weight excluding hydrogens is 244 g/mol. The summed E-state index contributed by atoms with van der Waals surface area (Å²) in [5.74, 6) is 0. The summed E-state index contributed by atoms with van der Waals surface area (Å²) in [4.78, 5) is 10.4. The highest BCUT2D eigenvalue weighted by atomic mass is 16.6. The Morgan fingerprint density at radius 3 is 2.74 bits per heavy atom. The molecule has 0 saturated carbocycles. The predicted octanol–water partition coefficient (Wildman–Crippen LogP) is 2.52. The molecular formula is C13H16N4O2. The first-order valence-electron chi connectivity index (χ1n) is 6.03. The smallest absolute Gasteiger partial charge is 0.271 e. The molecule has 0 amide bonds.